The van der Waals surface area contributed by atoms with E-state index in [9.17, 15) is 4.79 Å². The van der Waals surface area contributed by atoms with Crippen LogP contribution in [0.3, 0.4) is 0 Å². The van der Waals surface area contributed by atoms with E-state index in [-0.39, 0.29) is 18.6 Å². The molecule has 0 bridgehead atoms. The van der Waals surface area contributed by atoms with Gasteiger partial charge >= 0.3 is 0 Å². The van der Waals surface area contributed by atoms with Gasteiger partial charge in [-0.15, -0.1) is 0 Å². The minimum atomic E-state index is -0.217. The maximum Gasteiger partial charge on any atom is 0.262 e. The van der Waals surface area contributed by atoms with Crippen LogP contribution in [-0.4, -0.2) is 35.0 Å². The van der Waals surface area contributed by atoms with Crippen LogP contribution in [0.2, 0.25) is 0 Å². The molecule has 0 spiro atoms. The summed E-state index contributed by atoms with van der Waals surface area (Å²) in [5, 5.41) is 7.12. The van der Waals surface area contributed by atoms with Crippen LogP contribution < -0.4 is 10.1 Å². The first-order valence-electron chi connectivity index (χ1n) is 9.98. The van der Waals surface area contributed by atoms with Gasteiger partial charge in [0.15, 0.2) is 6.61 Å². The average molecular weight is 391 g/mol. The molecule has 2 heterocycles. The molecule has 0 radical (unpaired) electrons. The molecule has 1 N–H and O–H groups in total. The molecule has 0 saturated carbocycles. The summed E-state index contributed by atoms with van der Waals surface area (Å²) in [7, 11) is 0. The van der Waals surface area contributed by atoms with Gasteiger partial charge in [-0.1, -0.05) is 42.5 Å². The number of carbonyl (C=O) groups is 1. The molecule has 6 nitrogen and oxygen atoms in total. The molecule has 1 amide bonds. The van der Waals surface area contributed by atoms with Crippen molar-refractivity contribution in [3.63, 3.8) is 0 Å². The van der Waals surface area contributed by atoms with E-state index >= 15 is 0 Å². The smallest absolute Gasteiger partial charge is 0.262 e. The average Bonchev–Trinajstić information content (AvgIpc) is 3.20. The summed E-state index contributed by atoms with van der Waals surface area (Å²) in [6.07, 6.45) is 7.05. The van der Waals surface area contributed by atoms with E-state index in [0.717, 1.165) is 30.6 Å². The van der Waals surface area contributed by atoms with Crippen LogP contribution in [0, 0.1) is 0 Å². The van der Waals surface area contributed by atoms with Crippen molar-refractivity contribution in [3.05, 3.63) is 67.0 Å². The Bertz CT molecular complexity index is 916. The van der Waals surface area contributed by atoms with Crippen LogP contribution in [0.25, 0.3) is 11.1 Å². The fourth-order valence-corrected chi connectivity index (χ4v) is 3.41. The van der Waals surface area contributed by atoms with Crippen LogP contribution in [0.15, 0.2) is 67.0 Å². The van der Waals surface area contributed by atoms with E-state index in [1.165, 1.54) is 6.42 Å². The summed E-state index contributed by atoms with van der Waals surface area (Å²) < 4.78 is 13.1. The third-order valence-corrected chi connectivity index (χ3v) is 4.91. The summed E-state index contributed by atoms with van der Waals surface area (Å²) in [5.41, 5.74) is 2.91. The van der Waals surface area contributed by atoms with Crippen molar-refractivity contribution in [2.24, 2.45) is 0 Å². The van der Waals surface area contributed by atoms with E-state index in [0.29, 0.717) is 18.0 Å². The Balaban J connectivity index is 1.25. The van der Waals surface area contributed by atoms with E-state index in [1.54, 1.807) is 6.20 Å². The first-order chi connectivity index (χ1) is 14.3. The highest BCUT2D eigenvalue weighted by molar-refractivity contribution is 5.91. The normalized spacial score (nSPS) is 16.3. The van der Waals surface area contributed by atoms with Crippen molar-refractivity contribution in [2.45, 2.75) is 31.9 Å². The van der Waals surface area contributed by atoms with Crippen molar-refractivity contribution in [1.29, 1.82) is 0 Å². The standard InChI is InChI=1S/C23H25N3O3/c27-23(25-20-14-24-26(15-20)16-22-8-4-5-13-28-22)17-29-21-11-9-19(10-12-21)18-6-2-1-3-7-18/h1-3,6-7,9-12,14-15,22H,4-5,8,13,16-17H2,(H,25,27). The zero-order chi connectivity index (χ0) is 19.9. The van der Waals surface area contributed by atoms with Gasteiger partial charge in [0.05, 0.1) is 24.5 Å². The molecule has 1 aliphatic rings. The monoisotopic (exact) mass is 391 g/mol. The third kappa shape index (κ3) is 5.45. The number of benzene rings is 2. The second-order valence-electron chi connectivity index (χ2n) is 7.17. The Kier molecular flexibility index (Phi) is 6.22. The number of carbonyl (C=O) groups excluding carboxylic acids is 1. The van der Waals surface area contributed by atoms with Crippen molar-refractivity contribution in [3.8, 4) is 16.9 Å². The van der Waals surface area contributed by atoms with Crippen LogP contribution >= 0.6 is 0 Å². The molecule has 0 aliphatic carbocycles. The maximum absolute atomic E-state index is 12.2. The third-order valence-electron chi connectivity index (χ3n) is 4.91. The first kappa shape index (κ1) is 19.2. The Labute approximate surface area is 170 Å². The lowest BCUT2D eigenvalue weighted by Gasteiger charge is -2.22. The van der Waals surface area contributed by atoms with Gasteiger partial charge in [0.2, 0.25) is 0 Å². The molecule has 6 heteroatoms. The van der Waals surface area contributed by atoms with Crippen molar-refractivity contribution in [1.82, 2.24) is 9.78 Å². The largest absolute Gasteiger partial charge is 0.484 e. The lowest BCUT2D eigenvalue weighted by Crippen LogP contribution is -2.24. The molecular formula is C23H25N3O3. The second kappa shape index (κ2) is 9.39. The Morgan fingerprint density at radius 1 is 1.10 bits per heavy atom. The Morgan fingerprint density at radius 2 is 1.90 bits per heavy atom. The number of hydrogen-bond acceptors (Lipinski definition) is 4. The molecular weight excluding hydrogens is 366 g/mol. The highest BCUT2D eigenvalue weighted by atomic mass is 16.5. The van der Waals surface area contributed by atoms with Crippen molar-refractivity contribution in [2.75, 3.05) is 18.5 Å². The SMILES string of the molecule is O=C(COc1ccc(-c2ccccc2)cc1)Nc1cnn(CC2CCCCO2)c1. The molecule has 1 saturated heterocycles. The fourth-order valence-electron chi connectivity index (χ4n) is 3.41. The van der Waals surface area contributed by atoms with Crippen molar-refractivity contribution >= 4 is 11.6 Å². The molecule has 150 valence electrons. The van der Waals surface area contributed by atoms with Gasteiger partial charge in [-0.2, -0.15) is 5.10 Å². The van der Waals surface area contributed by atoms with E-state index in [1.807, 2.05) is 53.3 Å². The summed E-state index contributed by atoms with van der Waals surface area (Å²) in [6.45, 7) is 1.47. The van der Waals surface area contributed by atoms with Gasteiger partial charge in [-0.05, 0) is 42.5 Å². The highest BCUT2D eigenvalue weighted by Crippen LogP contribution is 2.22. The van der Waals surface area contributed by atoms with Gasteiger partial charge in [0.1, 0.15) is 5.75 Å². The minimum Gasteiger partial charge on any atom is -0.484 e. The zero-order valence-electron chi connectivity index (χ0n) is 16.3. The summed E-state index contributed by atoms with van der Waals surface area (Å²) in [6, 6.07) is 17.8. The predicted octanol–water partition coefficient (Wildman–Crippen LogP) is 4.14. The number of anilines is 1. The second-order valence-corrected chi connectivity index (χ2v) is 7.17. The predicted molar refractivity (Wildman–Crippen MR) is 112 cm³/mol. The number of aromatic nitrogens is 2. The summed E-state index contributed by atoms with van der Waals surface area (Å²) in [5.74, 6) is 0.440. The lowest BCUT2D eigenvalue weighted by molar-refractivity contribution is -0.118. The molecule has 29 heavy (non-hydrogen) atoms. The molecule has 4 rings (SSSR count). The molecule has 1 fully saturated rings. The van der Waals surface area contributed by atoms with E-state index < -0.39 is 0 Å². The number of amides is 1. The van der Waals surface area contributed by atoms with E-state index in [2.05, 4.69) is 22.5 Å². The molecule has 1 aliphatic heterocycles. The Hall–Kier alpha value is -3.12. The lowest BCUT2D eigenvalue weighted by atomic mass is 10.1. The van der Waals surface area contributed by atoms with Gasteiger partial charge in [-0.25, -0.2) is 0 Å². The number of nitrogens with one attached hydrogen (secondary N) is 1. The quantitative estimate of drug-likeness (QED) is 0.657. The molecule has 2 aromatic carbocycles. The number of nitrogens with zero attached hydrogens (tertiary/aromatic N) is 2. The molecule has 1 aromatic heterocycles. The van der Waals surface area contributed by atoms with E-state index in [4.69, 9.17) is 9.47 Å². The van der Waals surface area contributed by atoms with Gasteiger partial charge in [0, 0.05) is 12.8 Å². The minimum absolute atomic E-state index is 0.0540. The van der Waals surface area contributed by atoms with Gasteiger partial charge < -0.3 is 14.8 Å². The maximum atomic E-state index is 12.2. The van der Waals surface area contributed by atoms with Crippen LogP contribution in [0.4, 0.5) is 5.69 Å². The summed E-state index contributed by atoms with van der Waals surface area (Å²) in [4.78, 5) is 12.2. The van der Waals surface area contributed by atoms with Crippen LogP contribution in [0.1, 0.15) is 19.3 Å². The van der Waals surface area contributed by atoms with Crippen molar-refractivity contribution < 1.29 is 14.3 Å². The van der Waals surface area contributed by atoms with Crippen LogP contribution in [-0.2, 0) is 16.1 Å². The number of hydrogen-bond donors (Lipinski definition) is 1. The van der Waals surface area contributed by atoms with Gasteiger partial charge in [-0.3, -0.25) is 9.48 Å². The zero-order valence-corrected chi connectivity index (χ0v) is 16.3. The highest BCUT2D eigenvalue weighted by Gasteiger charge is 2.15. The Morgan fingerprint density at radius 3 is 2.66 bits per heavy atom. The molecule has 1 unspecified atom stereocenters. The topological polar surface area (TPSA) is 65.4 Å². The van der Waals surface area contributed by atoms with Crippen LogP contribution in [0.5, 0.6) is 5.75 Å². The number of rotatable bonds is 7. The molecule has 3 aromatic rings. The van der Waals surface area contributed by atoms with Gasteiger partial charge in [0.25, 0.3) is 5.91 Å². The molecule has 1 atom stereocenters. The number of ether oxygens (including phenoxy) is 2. The summed E-state index contributed by atoms with van der Waals surface area (Å²) >= 11 is 0. The fraction of sp³-hybridized carbons (Fsp3) is 0.304. The first-order valence-corrected chi connectivity index (χ1v) is 9.98.